The topological polar surface area (TPSA) is 65.5 Å². The second-order valence-electron chi connectivity index (χ2n) is 10.2. The molecule has 0 saturated carbocycles. The first-order valence-corrected chi connectivity index (χ1v) is 15.2. The molecule has 31 heavy (non-hydrogen) atoms. The van der Waals surface area contributed by atoms with Crippen LogP contribution in [-0.4, -0.2) is 28.3 Å². The van der Waals surface area contributed by atoms with E-state index in [0.717, 1.165) is 28.9 Å². The smallest absolute Gasteiger partial charge is 0.296 e. The van der Waals surface area contributed by atoms with E-state index in [1.54, 1.807) is 24.3 Å². The quantitative estimate of drug-likeness (QED) is 0.406. The summed E-state index contributed by atoms with van der Waals surface area (Å²) in [6.07, 6.45) is 1.31. The van der Waals surface area contributed by atoms with E-state index in [1.165, 1.54) is 0 Å². The summed E-state index contributed by atoms with van der Waals surface area (Å²) in [4.78, 5) is 4.99. The molecule has 0 bridgehead atoms. The molecule has 3 rings (SSSR count). The molecule has 1 aromatic heterocycles. The van der Waals surface area contributed by atoms with Crippen molar-refractivity contribution in [1.29, 1.82) is 0 Å². The Kier molecular flexibility index (Phi) is 6.82. The van der Waals surface area contributed by atoms with E-state index in [1.807, 2.05) is 19.9 Å². The van der Waals surface area contributed by atoms with Gasteiger partial charge in [0, 0.05) is 5.69 Å². The van der Waals surface area contributed by atoms with Crippen LogP contribution in [0.4, 0.5) is 0 Å². The minimum Gasteiger partial charge on any atom is -0.408 e. The molecule has 2 atom stereocenters. The van der Waals surface area contributed by atoms with E-state index in [2.05, 4.69) is 39.9 Å². The maximum Gasteiger partial charge on any atom is 0.296 e. The minimum absolute atomic E-state index is 0.0481. The zero-order valence-electron chi connectivity index (χ0n) is 19.7. The number of nitrogens with zero attached hydrogens (tertiary/aromatic N) is 1. The summed E-state index contributed by atoms with van der Waals surface area (Å²) in [7, 11) is -5.81. The molecule has 7 heteroatoms. The number of fused-ring (bicyclic) bond motifs is 1. The second kappa shape index (κ2) is 8.77. The molecular formula is C24H35NO4SSi. The van der Waals surface area contributed by atoms with E-state index in [0.29, 0.717) is 6.42 Å². The molecule has 1 aromatic carbocycles. The summed E-state index contributed by atoms with van der Waals surface area (Å²) in [5, 5.41) is 0.0786. The van der Waals surface area contributed by atoms with Crippen molar-refractivity contribution in [2.45, 2.75) is 76.6 Å². The molecule has 0 amide bonds. The molecule has 0 fully saturated rings. The van der Waals surface area contributed by atoms with Gasteiger partial charge in [-0.2, -0.15) is 8.42 Å². The van der Waals surface area contributed by atoms with Crippen LogP contribution < -0.4 is 0 Å². The van der Waals surface area contributed by atoms with Crippen molar-refractivity contribution < 1.29 is 17.0 Å². The Morgan fingerprint density at radius 3 is 2.32 bits per heavy atom. The van der Waals surface area contributed by atoms with E-state index in [9.17, 15) is 8.42 Å². The van der Waals surface area contributed by atoms with Gasteiger partial charge in [-0.25, -0.2) is 0 Å². The number of hydrogen-bond donors (Lipinski definition) is 0. The zero-order chi connectivity index (χ0) is 23.0. The van der Waals surface area contributed by atoms with Crippen molar-refractivity contribution in [3.8, 4) is 0 Å². The number of pyridine rings is 1. The summed E-state index contributed by atoms with van der Waals surface area (Å²) in [5.41, 5.74) is 4.11. The molecule has 0 N–H and O–H groups in total. The van der Waals surface area contributed by atoms with E-state index in [-0.39, 0.29) is 28.6 Å². The molecule has 2 aromatic rings. The highest BCUT2D eigenvalue weighted by atomic mass is 32.2. The minimum atomic E-state index is -3.78. The van der Waals surface area contributed by atoms with Gasteiger partial charge in [0.1, 0.15) is 0 Å². The van der Waals surface area contributed by atoms with Crippen LogP contribution in [0.1, 0.15) is 55.8 Å². The van der Waals surface area contributed by atoms with Gasteiger partial charge in [-0.05, 0) is 74.5 Å². The standard InChI is InChI=1S/C24H35NO4SSi/c1-17-8-12-21(13-9-17)30(26,27)28-16-19-14-20-11-10-18(2)25-23(20)22(15-19)29-31(6,7)24(3,4)5/h8-13,19,22H,14-16H2,1-7H3. The van der Waals surface area contributed by atoms with Crippen LogP contribution in [0.5, 0.6) is 0 Å². The van der Waals surface area contributed by atoms with Gasteiger partial charge in [0.15, 0.2) is 8.32 Å². The lowest BCUT2D eigenvalue weighted by atomic mass is 9.85. The van der Waals surface area contributed by atoms with Crippen LogP contribution in [0, 0.1) is 19.8 Å². The van der Waals surface area contributed by atoms with Crippen LogP contribution in [-0.2, 0) is 25.1 Å². The van der Waals surface area contributed by atoms with Gasteiger partial charge in [-0.1, -0.05) is 44.5 Å². The predicted molar refractivity (Wildman–Crippen MR) is 126 cm³/mol. The fraction of sp³-hybridized carbons (Fsp3) is 0.542. The first-order chi connectivity index (χ1) is 14.3. The average molecular weight is 462 g/mol. The van der Waals surface area contributed by atoms with Gasteiger partial charge in [0.2, 0.25) is 0 Å². The van der Waals surface area contributed by atoms with Crippen LogP contribution in [0.2, 0.25) is 18.1 Å². The molecule has 5 nitrogen and oxygen atoms in total. The summed E-state index contributed by atoms with van der Waals surface area (Å²) in [6, 6.07) is 10.9. The third kappa shape index (κ3) is 5.63. The fourth-order valence-corrected chi connectivity index (χ4v) is 5.84. The van der Waals surface area contributed by atoms with Crippen LogP contribution in [0.15, 0.2) is 41.3 Å². The van der Waals surface area contributed by atoms with E-state index >= 15 is 0 Å². The van der Waals surface area contributed by atoms with Gasteiger partial charge >= 0.3 is 0 Å². The van der Waals surface area contributed by atoms with Gasteiger partial charge in [0.25, 0.3) is 10.1 Å². The molecule has 2 unspecified atom stereocenters. The number of aromatic nitrogens is 1. The maximum atomic E-state index is 12.7. The van der Waals surface area contributed by atoms with Crippen LogP contribution in [0.3, 0.4) is 0 Å². The second-order valence-corrected chi connectivity index (χ2v) is 16.6. The Balaban J connectivity index is 1.80. The van der Waals surface area contributed by atoms with E-state index in [4.69, 9.17) is 13.6 Å². The number of hydrogen-bond acceptors (Lipinski definition) is 5. The first kappa shape index (κ1) is 24.1. The maximum absolute atomic E-state index is 12.7. The SMILES string of the molecule is Cc1ccc(S(=O)(=O)OCC2Cc3ccc(C)nc3C(O[Si](C)(C)C(C)(C)C)C2)cc1. The van der Waals surface area contributed by atoms with Crippen LogP contribution >= 0.6 is 0 Å². The Hall–Kier alpha value is -1.54. The molecule has 0 spiro atoms. The molecule has 1 heterocycles. The van der Waals surface area contributed by atoms with Gasteiger partial charge in [-0.15, -0.1) is 0 Å². The normalized spacial score (nSPS) is 19.8. The first-order valence-electron chi connectivity index (χ1n) is 10.9. The molecular weight excluding hydrogens is 426 g/mol. The summed E-state index contributed by atoms with van der Waals surface area (Å²) in [6.45, 7) is 15.2. The Labute approximate surface area is 188 Å². The summed E-state index contributed by atoms with van der Waals surface area (Å²) < 4.78 is 37.6. The van der Waals surface area contributed by atoms with Gasteiger partial charge in [-0.3, -0.25) is 9.17 Å². The third-order valence-corrected chi connectivity index (χ3v) is 12.3. The fourth-order valence-electron chi connectivity index (χ4n) is 3.59. The number of aryl methyl sites for hydroxylation is 2. The molecule has 0 aliphatic heterocycles. The Morgan fingerprint density at radius 2 is 1.71 bits per heavy atom. The molecule has 1 aliphatic carbocycles. The van der Waals surface area contributed by atoms with Crippen LogP contribution in [0.25, 0.3) is 0 Å². The number of rotatable bonds is 6. The monoisotopic (exact) mass is 461 g/mol. The molecule has 1 aliphatic rings. The highest BCUT2D eigenvalue weighted by Crippen LogP contribution is 2.43. The Morgan fingerprint density at radius 1 is 1.06 bits per heavy atom. The third-order valence-electron chi connectivity index (χ3n) is 6.52. The molecule has 170 valence electrons. The lowest BCUT2D eigenvalue weighted by Gasteiger charge is -2.41. The van der Waals surface area contributed by atoms with Crippen molar-refractivity contribution in [3.05, 3.63) is 58.9 Å². The molecule has 0 saturated heterocycles. The predicted octanol–water partition coefficient (Wildman–Crippen LogP) is 5.73. The molecule has 0 radical (unpaired) electrons. The highest BCUT2D eigenvalue weighted by Gasteiger charge is 2.42. The lowest BCUT2D eigenvalue weighted by Crippen LogP contribution is -2.43. The van der Waals surface area contributed by atoms with Gasteiger partial charge in [0.05, 0.1) is 23.3 Å². The van der Waals surface area contributed by atoms with Crippen molar-refractivity contribution in [1.82, 2.24) is 4.98 Å². The average Bonchev–Trinajstić information content (AvgIpc) is 2.66. The summed E-state index contributed by atoms with van der Waals surface area (Å²) >= 11 is 0. The summed E-state index contributed by atoms with van der Waals surface area (Å²) in [5.74, 6) is 0.0481. The van der Waals surface area contributed by atoms with Crippen molar-refractivity contribution in [2.24, 2.45) is 5.92 Å². The van der Waals surface area contributed by atoms with Crippen molar-refractivity contribution in [3.63, 3.8) is 0 Å². The van der Waals surface area contributed by atoms with Crippen molar-refractivity contribution in [2.75, 3.05) is 6.61 Å². The lowest BCUT2D eigenvalue weighted by molar-refractivity contribution is 0.114. The highest BCUT2D eigenvalue weighted by molar-refractivity contribution is 7.86. The van der Waals surface area contributed by atoms with E-state index < -0.39 is 18.4 Å². The van der Waals surface area contributed by atoms with Gasteiger partial charge < -0.3 is 4.43 Å². The Bertz CT molecular complexity index is 1030. The van der Waals surface area contributed by atoms with Crippen molar-refractivity contribution >= 4 is 18.4 Å². The largest absolute Gasteiger partial charge is 0.408 e. The zero-order valence-corrected chi connectivity index (χ0v) is 21.5. The number of benzene rings is 1.